The number of benzene rings is 2. The quantitative estimate of drug-likeness (QED) is 0.791. The molecule has 25 heavy (non-hydrogen) atoms. The Kier molecular flexibility index (Phi) is 6.69. The lowest BCUT2D eigenvalue weighted by atomic mass is 10.1. The van der Waals surface area contributed by atoms with Crippen LogP contribution in [0.1, 0.15) is 24.5 Å². The normalized spacial score (nSPS) is 10.2. The van der Waals surface area contributed by atoms with Gasteiger partial charge in [0.25, 0.3) is 0 Å². The van der Waals surface area contributed by atoms with Crippen molar-refractivity contribution in [3.8, 4) is 17.2 Å². The largest absolute Gasteiger partial charge is 0.493 e. The van der Waals surface area contributed by atoms with E-state index in [0.29, 0.717) is 30.1 Å². The first-order chi connectivity index (χ1) is 12.1. The third-order valence-corrected chi connectivity index (χ3v) is 4.01. The van der Waals surface area contributed by atoms with Gasteiger partial charge in [-0.1, -0.05) is 19.1 Å². The van der Waals surface area contributed by atoms with Crippen LogP contribution in [0.5, 0.6) is 17.2 Å². The number of amides is 1. The number of ether oxygens (including phenoxy) is 3. The molecule has 0 saturated heterocycles. The number of hydrogen-bond acceptors (Lipinski definition) is 4. The van der Waals surface area contributed by atoms with E-state index < -0.39 is 0 Å². The summed E-state index contributed by atoms with van der Waals surface area (Å²) < 4.78 is 16.0. The molecule has 0 aliphatic rings. The molecule has 134 valence electrons. The lowest BCUT2D eigenvalue weighted by Crippen LogP contribution is -2.12. The molecule has 5 nitrogen and oxygen atoms in total. The summed E-state index contributed by atoms with van der Waals surface area (Å²) in [6, 6.07) is 11.6. The van der Waals surface area contributed by atoms with Crippen LogP contribution in [0.2, 0.25) is 0 Å². The van der Waals surface area contributed by atoms with Crippen LogP contribution >= 0.6 is 0 Å². The summed E-state index contributed by atoms with van der Waals surface area (Å²) in [4.78, 5) is 12.2. The number of carbonyl (C=O) groups excluding carboxylic acids is 1. The smallest absolute Gasteiger partial charge is 0.224 e. The van der Waals surface area contributed by atoms with Crippen molar-refractivity contribution in [2.75, 3.05) is 26.6 Å². The number of carbonyl (C=O) groups is 1. The molecule has 0 aliphatic carbocycles. The second-order valence-corrected chi connectivity index (χ2v) is 5.63. The fourth-order valence-corrected chi connectivity index (χ4v) is 2.58. The van der Waals surface area contributed by atoms with Gasteiger partial charge >= 0.3 is 0 Å². The molecular weight excluding hydrogens is 318 g/mol. The van der Waals surface area contributed by atoms with Crippen molar-refractivity contribution < 1.29 is 19.0 Å². The summed E-state index contributed by atoms with van der Waals surface area (Å²) in [5.74, 6) is 1.70. The average molecular weight is 343 g/mol. The number of nitrogens with one attached hydrogen (secondary N) is 1. The van der Waals surface area contributed by atoms with E-state index >= 15 is 0 Å². The van der Waals surface area contributed by atoms with Gasteiger partial charge in [-0.25, -0.2) is 0 Å². The van der Waals surface area contributed by atoms with Crippen molar-refractivity contribution in [1.82, 2.24) is 0 Å². The van der Waals surface area contributed by atoms with Crippen LogP contribution in [0, 0.1) is 0 Å². The molecule has 0 fully saturated rings. The van der Waals surface area contributed by atoms with Gasteiger partial charge in [0, 0.05) is 12.1 Å². The molecule has 0 heterocycles. The van der Waals surface area contributed by atoms with E-state index in [0.717, 1.165) is 17.7 Å². The molecule has 1 amide bonds. The van der Waals surface area contributed by atoms with Crippen molar-refractivity contribution in [1.29, 1.82) is 0 Å². The molecule has 2 aromatic rings. The van der Waals surface area contributed by atoms with E-state index in [4.69, 9.17) is 14.2 Å². The van der Waals surface area contributed by atoms with Gasteiger partial charge in [-0.05, 0) is 48.2 Å². The summed E-state index contributed by atoms with van der Waals surface area (Å²) in [5.41, 5.74) is 3.01. The Labute approximate surface area is 148 Å². The molecule has 5 heteroatoms. The minimum absolute atomic E-state index is 0.0296. The van der Waals surface area contributed by atoms with E-state index in [-0.39, 0.29) is 5.91 Å². The van der Waals surface area contributed by atoms with Crippen LogP contribution in [0.3, 0.4) is 0 Å². The molecule has 0 bridgehead atoms. The molecule has 0 spiro atoms. The first-order valence-electron chi connectivity index (χ1n) is 8.29. The zero-order valence-corrected chi connectivity index (χ0v) is 15.2. The predicted molar refractivity (Wildman–Crippen MR) is 98.9 cm³/mol. The summed E-state index contributed by atoms with van der Waals surface area (Å²) in [6.45, 7) is 2.10. The predicted octanol–water partition coefficient (Wildman–Crippen LogP) is 3.85. The maximum atomic E-state index is 12.2. The Morgan fingerprint density at radius 1 is 0.920 bits per heavy atom. The monoisotopic (exact) mass is 343 g/mol. The van der Waals surface area contributed by atoms with E-state index in [9.17, 15) is 4.79 Å². The SMILES string of the molecule is CCc1ccc(NC(=O)CCc2cc(OC)c(OC)c(OC)c2)cc1. The number of aryl methyl sites for hydroxylation is 2. The maximum Gasteiger partial charge on any atom is 0.224 e. The minimum atomic E-state index is -0.0296. The minimum Gasteiger partial charge on any atom is -0.493 e. The van der Waals surface area contributed by atoms with Gasteiger partial charge in [-0.3, -0.25) is 4.79 Å². The highest BCUT2D eigenvalue weighted by atomic mass is 16.5. The fourth-order valence-electron chi connectivity index (χ4n) is 2.58. The first kappa shape index (κ1) is 18.6. The Morgan fingerprint density at radius 2 is 1.52 bits per heavy atom. The Bertz CT molecular complexity index is 685. The lowest BCUT2D eigenvalue weighted by molar-refractivity contribution is -0.116. The van der Waals surface area contributed by atoms with Crippen LogP contribution in [0.25, 0.3) is 0 Å². The molecule has 2 rings (SSSR count). The highest BCUT2D eigenvalue weighted by Crippen LogP contribution is 2.38. The topological polar surface area (TPSA) is 56.8 Å². The molecule has 0 saturated carbocycles. The van der Waals surface area contributed by atoms with Gasteiger partial charge < -0.3 is 19.5 Å². The zero-order chi connectivity index (χ0) is 18.2. The Morgan fingerprint density at radius 3 is 2.00 bits per heavy atom. The Balaban J connectivity index is 2.01. The second kappa shape index (κ2) is 8.97. The highest BCUT2D eigenvalue weighted by molar-refractivity contribution is 5.90. The van der Waals surface area contributed by atoms with Gasteiger partial charge in [0.15, 0.2) is 11.5 Å². The first-order valence-corrected chi connectivity index (χ1v) is 8.29. The molecule has 0 aliphatic heterocycles. The maximum absolute atomic E-state index is 12.2. The highest BCUT2D eigenvalue weighted by Gasteiger charge is 2.14. The molecular formula is C20H25NO4. The van der Waals surface area contributed by atoms with E-state index in [1.54, 1.807) is 21.3 Å². The van der Waals surface area contributed by atoms with Gasteiger partial charge in [0.05, 0.1) is 21.3 Å². The summed E-state index contributed by atoms with van der Waals surface area (Å²) in [6.07, 6.45) is 1.93. The van der Waals surface area contributed by atoms with Crippen molar-refractivity contribution >= 4 is 11.6 Å². The average Bonchev–Trinajstić information content (AvgIpc) is 2.65. The van der Waals surface area contributed by atoms with E-state index in [1.807, 2.05) is 36.4 Å². The van der Waals surface area contributed by atoms with Gasteiger partial charge in [0.1, 0.15) is 0 Å². The van der Waals surface area contributed by atoms with Gasteiger partial charge in [-0.2, -0.15) is 0 Å². The van der Waals surface area contributed by atoms with Crippen LogP contribution < -0.4 is 19.5 Å². The van der Waals surface area contributed by atoms with Gasteiger partial charge in [0.2, 0.25) is 11.7 Å². The van der Waals surface area contributed by atoms with Crippen LogP contribution in [0.4, 0.5) is 5.69 Å². The van der Waals surface area contributed by atoms with Crippen molar-refractivity contribution in [3.63, 3.8) is 0 Å². The zero-order valence-electron chi connectivity index (χ0n) is 15.2. The summed E-state index contributed by atoms with van der Waals surface area (Å²) in [7, 11) is 4.72. The summed E-state index contributed by atoms with van der Waals surface area (Å²) >= 11 is 0. The molecule has 1 N–H and O–H groups in total. The van der Waals surface area contributed by atoms with Crippen molar-refractivity contribution in [2.24, 2.45) is 0 Å². The Hall–Kier alpha value is -2.69. The third-order valence-electron chi connectivity index (χ3n) is 4.01. The van der Waals surface area contributed by atoms with E-state index in [2.05, 4.69) is 12.2 Å². The molecule has 2 aromatic carbocycles. The number of rotatable bonds is 8. The number of anilines is 1. The lowest BCUT2D eigenvalue weighted by Gasteiger charge is -2.14. The standard InChI is InChI=1S/C20H25NO4/c1-5-14-6-9-16(10-7-14)21-19(22)11-8-15-12-17(23-2)20(25-4)18(13-15)24-3/h6-7,9-10,12-13H,5,8,11H2,1-4H3,(H,21,22). The molecule has 0 aromatic heterocycles. The van der Waals surface area contributed by atoms with Crippen LogP contribution in [0.15, 0.2) is 36.4 Å². The summed E-state index contributed by atoms with van der Waals surface area (Å²) in [5, 5.41) is 2.92. The van der Waals surface area contributed by atoms with Gasteiger partial charge in [-0.15, -0.1) is 0 Å². The van der Waals surface area contributed by atoms with E-state index in [1.165, 1.54) is 5.56 Å². The molecule has 0 radical (unpaired) electrons. The second-order valence-electron chi connectivity index (χ2n) is 5.63. The van der Waals surface area contributed by atoms with Crippen LogP contribution in [-0.2, 0) is 17.6 Å². The molecule has 0 unspecified atom stereocenters. The number of methoxy groups -OCH3 is 3. The van der Waals surface area contributed by atoms with Crippen LogP contribution in [-0.4, -0.2) is 27.2 Å². The number of hydrogen-bond donors (Lipinski definition) is 1. The fraction of sp³-hybridized carbons (Fsp3) is 0.350. The third kappa shape index (κ3) is 4.89. The van der Waals surface area contributed by atoms with Crippen molar-refractivity contribution in [2.45, 2.75) is 26.2 Å². The molecule has 0 atom stereocenters. The van der Waals surface area contributed by atoms with Crippen molar-refractivity contribution in [3.05, 3.63) is 47.5 Å².